The number of rotatable bonds is 3. The highest BCUT2D eigenvalue weighted by molar-refractivity contribution is 5.51. The Balaban J connectivity index is 0.00000180. The fourth-order valence-corrected chi connectivity index (χ4v) is 2.39. The van der Waals surface area contributed by atoms with Gasteiger partial charge in [-0.25, -0.2) is 0 Å². The van der Waals surface area contributed by atoms with Crippen LogP contribution < -0.4 is 17.3 Å². The number of anilines is 1. The largest absolute Gasteiger partial charge is 1.00 e. The van der Waals surface area contributed by atoms with Crippen molar-refractivity contribution in [2.45, 2.75) is 12.5 Å². The van der Waals surface area contributed by atoms with Crippen molar-refractivity contribution in [2.24, 2.45) is 0 Å². The van der Waals surface area contributed by atoms with Crippen molar-refractivity contribution in [1.82, 2.24) is 0 Å². The second-order valence-electron chi connectivity index (χ2n) is 5.78. The molecule has 0 amide bonds. The zero-order chi connectivity index (χ0) is 13.3. The smallest absolute Gasteiger partial charge is 0.269 e. The summed E-state index contributed by atoms with van der Waals surface area (Å²) in [6, 6.07) is 7.47. The molecule has 1 aliphatic heterocycles. The molecule has 0 bridgehead atoms. The molecular weight excluding hydrogens is 266 g/mol. The molecule has 1 atom stereocenters. The molecule has 1 saturated heterocycles. The molecule has 0 aromatic heterocycles. The highest BCUT2D eigenvalue weighted by Crippen LogP contribution is 2.25. The van der Waals surface area contributed by atoms with Gasteiger partial charge in [0, 0.05) is 30.8 Å². The second kappa shape index (κ2) is 5.75. The Labute approximate surface area is 120 Å². The van der Waals surface area contributed by atoms with E-state index in [0.29, 0.717) is 6.04 Å². The number of nitro groups is 1. The summed E-state index contributed by atoms with van der Waals surface area (Å²) in [5.41, 5.74) is 1.23. The number of nitrogens with zero attached hydrogens (tertiary/aromatic N) is 3. The third-order valence-electron chi connectivity index (χ3n) is 3.68. The van der Waals surface area contributed by atoms with Gasteiger partial charge in [0.15, 0.2) is 0 Å². The van der Waals surface area contributed by atoms with Crippen LogP contribution in [0.1, 0.15) is 6.42 Å². The molecule has 2 rings (SSSR count). The summed E-state index contributed by atoms with van der Waals surface area (Å²) in [7, 11) is 6.64. The molecule has 5 nitrogen and oxygen atoms in total. The first-order chi connectivity index (χ1) is 8.38. The highest BCUT2D eigenvalue weighted by atomic mass is 35.5. The zero-order valence-corrected chi connectivity index (χ0v) is 12.3. The maximum absolute atomic E-state index is 10.6. The van der Waals surface area contributed by atoms with E-state index in [1.54, 1.807) is 12.1 Å². The van der Waals surface area contributed by atoms with Gasteiger partial charge in [-0.1, -0.05) is 0 Å². The first-order valence-electron chi connectivity index (χ1n) is 6.18. The van der Waals surface area contributed by atoms with E-state index in [-0.39, 0.29) is 23.0 Å². The summed E-state index contributed by atoms with van der Waals surface area (Å²) in [6.45, 7) is 2.04. The van der Waals surface area contributed by atoms with Crippen molar-refractivity contribution in [2.75, 3.05) is 39.1 Å². The Kier molecular flexibility index (Phi) is 4.76. The average Bonchev–Trinajstić information content (AvgIpc) is 2.78. The minimum atomic E-state index is -0.359. The minimum absolute atomic E-state index is 0. The number of benzene rings is 1. The van der Waals surface area contributed by atoms with E-state index in [1.165, 1.54) is 6.42 Å². The van der Waals surface area contributed by atoms with E-state index in [2.05, 4.69) is 26.0 Å². The Morgan fingerprint density at radius 1 is 1.26 bits per heavy atom. The van der Waals surface area contributed by atoms with Crippen molar-refractivity contribution in [1.29, 1.82) is 0 Å². The molecule has 1 fully saturated rings. The molecular formula is C13H20ClN3O2. The monoisotopic (exact) mass is 285 g/mol. The lowest BCUT2D eigenvalue weighted by molar-refractivity contribution is -0.893. The number of hydrogen-bond donors (Lipinski definition) is 0. The maximum atomic E-state index is 10.6. The van der Waals surface area contributed by atoms with Crippen molar-refractivity contribution in [3.63, 3.8) is 0 Å². The van der Waals surface area contributed by atoms with E-state index >= 15 is 0 Å². The fourth-order valence-electron chi connectivity index (χ4n) is 2.39. The standard InChI is InChI=1S/C13H20N3O2.ClH/c1-16(2,3)13-8-9-14(10-13)11-4-6-12(7-5-11)15(17)18;/h4-7,13H,8-10H2,1-3H3;1H/q+1;/p-1. The molecule has 0 radical (unpaired) electrons. The lowest BCUT2D eigenvalue weighted by Gasteiger charge is -2.31. The van der Waals surface area contributed by atoms with Gasteiger partial charge in [-0.15, -0.1) is 0 Å². The normalized spacial score (nSPS) is 19.1. The van der Waals surface area contributed by atoms with E-state index in [1.807, 2.05) is 12.1 Å². The van der Waals surface area contributed by atoms with Crippen LogP contribution in [0.4, 0.5) is 11.4 Å². The van der Waals surface area contributed by atoms with Crippen LogP contribution >= 0.6 is 0 Å². The number of hydrogen-bond acceptors (Lipinski definition) is 3. The van der Waals surface area contributed by atoms with Crippen LogP contribution in [-0.4, -0.2) is 49.7 Å². The number of quaternary nitrogens is 1. The van der Waals surface area contributed by atoms with Crippen LogP contribution in [0, 0.1) is 10.1 Å². The summed E-state index contributed by atoms with van der Waals surface area (Å²) >= 11 is 0. The Morgan fingerprint density at radius 3 is 2.26 bits per heavy atom. The first kappa shape index (κ1) is 15.7. The number of likely N-dealkylation sites (N-methyl/N-ethyl adjacent to an activating group) is 1. The van der Waals surface area contributed by atoms with Crippen LogP contribution in [-0.2, 0) is 0 Å². The molecule has 1 unspecified atom stereocenters. The van der Waals surface area contributed by atoms with Crippen LogP contribution in [0.5, 0.6) is 0 Å². The lowest BCUT2D eigenvalue weighted by atomic mass is 10.2. The third kappa shape index (κ3) is 3.58. The van der Waals surface area contributed by atoms with Gasteiger partial charge in [-0.3, -0.25) is 10.1 Å². The Morgan fingerprint density at radius 2 is 1.84 bits per heavy atom. The molecule has 0 aliphatic carbocycles. The van der Waals surface area contributed by atoms with Gasteiger partial charge < -0.3 is 21.8 Å². The topological polar surface area (TPSA) is 46.4 Å². The SMILES string of the molecule is C[N+](C)(C)C1CCN(c2ccc([N+](=O)[O-])cc2)C1.[Cl-]. The van der Waals surface area contributed by atoms with Gasteiger partial charge in [-0.2, -0.15) is 0 Å². The fraction of sp³-hybridized carbons (Fsp3) is 0.538. The van der Waals surface area contributed by atoms with Gasteiger partial charge in [-0.05, 0) is 12.1 Å². The van der Waals surface area contributed by atoms with Crippen molar-refractivity contribution >= 4 is 11.4 Å². The molecule has 0 spiro atoms. The van der Waals surface area contributed by atoms with Crippen LogP contribution in [0.25, 0.3) is 0 Å². The summed E-state index contributed by atoms with van der Waals surface area (Å²) in [6.07, 6.45) is 1.17. The van der Waals surface area contributed by atoms with Crippen molar-refractivity contribution in [3.05, 3.63) is 34.4 Å². The predicted molar refractivity (Wildman–Crippen MR) is 71.7 cm³/mol. The third-order valence-corrected chi connectivity index (χ3v) is 3.68. The molecule has 0 N–H and O–H groups in total. The Bertz CT molecular complexity index is 442. The maximum Gasteiger partial charge on any atom is 0.269 e. The number of halogens is 1. The van der Waals surface area contributed by atoms with Crippen molar-refractivity contribution in [3.8, 4) is 0 Å². The summed E-state index contributed by atoms with van der Waals surface area (Å²) in [5, 5.41) is 10.6. The van der Waals surface area contributed by atoms with Crippen LogP contribution in [0.15, 0.2) is 24.3 Å². The Hall–Kier alpha value is -1.33. The van der Waals surface area contributed by atoms with E-state index < -0.39 is 0 Å². The minimum Gasteiger partial charge on any atom is -1.00 e. The van der Waals surface area contributed by atoms with Gasteiger partial charge in [0.25, 0.3) is 5.69 Å². The van der Waals surface area contributed by atoms with Gasteiger partial charge >= 0.3 is 0 Å². The molecule has 1 aromatic carbocycles. The molecule has 19 heavy (non-hydrogen) atoms. The van der Waals surface area contributed by atoms with Gasteiger partial charge in [0.2, 0.25) is 0 Å². The quantitative estimate of drug-likeness (QED) is 0.402. The average molecular weight is 286 g/mol. The first-order valence-corrected chi connectivity index (χ1v) is 6.18. The van der Waals surface area contributed by atoms with E-state index in [4.69, 9.17) is 0 Å². The molecule has 106 valence electrons. The summed E-state index contributed by atoms with van der Waals surface area (Å²) in [4.78, 5) is 12.6. The molecule has 6 heteroatoms. The van der Waals surface area contributed by atoms with E-state index in [9.17, 15) is 10.1 Å². The highest BCUT2D eigenvalue weighted by Gasteiger charge is 2.32. The molecule has 1 aliphatic rings. The van der Waals surface area contributed by atoms with Crippen molar-refractivity contribution < 1.29 is 21.8 Å². The van der Waals surface area contributed by atoms with E-state index in [0.717, 1.165) is 23.3 Å². The van der Waals surface area contributed by atoms with Gasteiger partial charge in [0.05, 0.1) is 32.6 Å². The van der Waals surface area contributed by atoms with Crippen LogP contribution in [0.3, 0.4) is 0 Å². The molecule has 1 aromatic rings. The van der Waals surface area contributed by atoms with Gasteiger partial charge in [0.1, 0.15) is 6.04 Å². The summed E-state index contributed by atoms with van der Waals surface area (Å²) < 4.78 is 0.962. The predicted octanol–water partition coefficient (Wildman–Crippen LogP) is -1.12. The zero-order valence-electron chi connectivity index (χ0n) is 11.5. The summed E-state index contributed by atoms with van der Waals surface area (Å²) in [5.74, 6) is 0. The molecule has 0 saturated carbocycles. The van der Waals surface area contributed by atoms with Crippen LogP contribution in [0.2, 0.25) is 0 Å². The number of non-ortho nitro benzene ring substituents is 1. The number of nitro benzene ring substituents is 1. The molecule has 1 heterocycles. The second-order valence-corrected chi connectivity index (χ2v) is 5.78. The lowest BCUT2D eigenvalue weighted by Crippen LogP contribution is -3.00.